The van der Waals surface area contributed by atoms with E-state index in [1.54, 1.807) is 74.4 Å². The normalized spacial score (nSPS) is 23.0. The fourth-order valence-electron chi connectivity index (χ4n) is 10.9. The first-order chi connectivity index (χ1) is 48.7. The maximum Gasteiger partial charge on any atom is 0.408 e. The Labute approximate surface area is 603 Å². The number of primary amides is 1. The zero-order valence-electron chi connectivity index (χ0n) is 60.8. The van der Waals surface area contributed by atoms with Gasteiger partial charge in [0.1, 0.15) is 60.0 Å². The van der Waals surface area contributed by atoms with Crippen molar-refractivity contribution in [3.05, 3.63) is 83.9 Å². The van der Waals surface area contributed by atoms with Gasteiger partial charge in [0, 0.05) is 13.0 Å². The minimum Gasteiger partial charge on any atom is -0.453 e. The Hall–Kier alpha value is -10.1. The standard InChI is InChI=1S/C70H105N15O19/c1-13-37(8)49-63(97)83-50(38(9)87)62(96)75-32-48(88)81-52(55(90)57(71)91)65(99)79-47(33-86)67(101)103-56(41-21-15-14-16-22-41)53(66(100)84-51(54(89)36(6)7)64(98)78-44(28-34(2)3)59(93)76-43(58(92)82-49)24-19-27-74-68(72)73)85-61(95)45(29-35(4)5)77-60(94)46(80-69(102)104-70(10,11)12)31-39-25-26-40-20-17-18-23-42(40)30-39/h14-18,20-23,25-26,30,34-38,43-47,49-56,86-87,89-90H,13,19,24,27-29,31-33H2,1-12H3,(H2,71,91)(H,75,96)(H,76,93)(H,77,94)(H,78,98)(H,79,99)(H,80,102)(H,81,88)(H,82,92)(H,83,97)(H,84,100)(H,85,95)(H4,72,73,74)/t37-,38-,43+,44-,45-,46+,47-,49?,50?,51-,52-,53-,54+,55-,56+/m0/s1. The predicted octanol–water partition coefficient (Wildman–Crippen LogP) is -2.31. The molecule has 0 saturated carbocycles. The molecule has 21 N–H and O–H groups in total. The first-order valence-electron chi connectivity index (χ1n) is 34.5. The molecular weight excluding hydrogens is 1350 g/mol. The molecular formula is C70H105N15O19. The lowest BCUT2D eigenvalue weighted by Gasteiger charge is -2.34. The fourth-order valence-corrected chi connectivity index (χ4v) is 10.9. The lowest BCUT2D eigenvalue weighted by molar-refractivity contribution is -0.159. The molecule has 574 valence electrons. The summed E-state index contributed by atoms with van der Waals surface area (Å²) in [5.74, 6) is -18.1. The van der Waals surface area contributed by atoms with E-state index < -0.39 is 210 Å². The Morgan fingerprint density at radius 1 is 0.644 bits per heavy atom. The average molecular weight is 1460 g/mol. The molecule has 34 nitrogen and oxygen atoms in total. The van der Waals surface area contributed by atoms with Crippen LogP contribution in [0.3, 0.4) is 0 Å². The van der Waals surface area contributed by atoms with Gasteiger partial charge in [-0.05, 0) is 98.9 Å². The third-order valence-corrected chi connectivity index (χ3v) is 16.7. The van der Waals surface area contributed by atoms with Gasteiger partial charge < -0.3 is 105 Å². The maximum atomic E-state index is 15.7. The summed E-state index contributed by atoms with van der Waals surface area (Å²) in [5, 5.41) is 83.3. The van der Waals surface area contributed by atoms with Gasteiger partial charge >= 0.3 is 12.1 Å². The number of cyclic esters (lactones) is 1. The van der Waals surface area contributed by atoms with Crippen molar-refractivity contribution < 1.29 is 92.2 Å². The van der Waals surface area contributed by atoms with Crippen molar-refractivity contribution in [3.8, 4) is 0 Å². The molecule has 0 spiro atoms. The van der Waals surface area contributed by atoms with Gasteiger partial charge in [0.2, 0.25) is 65.0 Å². The fraction of sp³-hybridized carbons (Fsp3) is 0.571. The minimum absolute atomic E-state index is 0.00494. The summed E-state index contributed by atoms with van der Waals surface area (Å²) in [6.45, 7) is 16.4. The number of nitrogens with one attached hydrogen (secondary N) is 13. The summed E-state index contributed by atoms with van der Waals surface area (Å²) in [7, 11) is 0. The Kier molecular flexibility index (Phi) is 33.8. The molecule has 0 aliphatic carbocycles. The molecule has 1 aliphatic rings. The number of benzene rings is 3. The van der Waals surface area contributed by atoms with Gasteiger partial charge in [-0.1, -0.05) is 135 Å². The summed E-state index contributed by atoms with van der Waals surface area (Å²) in [5.41, 5.74) is 10.3. The SMILES string of the molecule is CC[C@H](C)C1NC(=O)[C@@H](CCCNC(=N)N)NC(=O)[C@H](CC(C)C)NC(=O)[C@H]([C@H](O)C(C)C)NC(=O)[C@@H](NC(=O)[C@H](CC(C)C)NC(=O)[C@@H](Cc2ccc3ccccc3c2)NC(=O)OC(C)(C)C)[C@@H](c2ccccc2)OC(=O)[C@H](CO)NC(=O)[C@H]([C@H](O)C(N)=O)NC(=O)CNC(=O)C([C@H](C)O)NC1=O. The molecule has 15 atom stereocenters. The lowest BCUT2D eigenvalue weighted by atomic mass is 9.95. The van der Waals surface area contributed by atoms with Crippen LogP contribution >= 0.6 is 0 Å². The minimum atomic E-state index is -2.61. The second-order valence-corrected chi connectivity index (χ2v) is 27.9. The number of aliphatic hydroxyl groups excluding tert-OH is 4. The van der Waals surface area contributed by atoms with Crippen LogP contribution in [0.25, 0.3) is 10.8 Å². The number of rotatable bonds is 24. The van der Waals surface area contributed by atoms with Gasteiger partial charge in [-0.3, -0.25) is 58.1 Å². The Balaban J connectivity index is 2.01. The predicted molar refractivity (Wildman–Crippen MR) is 379 cm³/mol. The Bertz CT molecular complexity index is 3500. The van der Waals surface area contributed by atoms with Crippen molar-refractivity contribution >= 4 is 93.8 Å². The first-order valence-corrected chi connectivity index (χ1v) is 34.5. The van der Waals surface area contributed by atoms with Crippen molar-refractivity contribution in [2.75, 3.05) is 19.7 Å². The summed E-state index contributed by atoms with van der Waals surface area (Å²) < 4.78 is 11.6. The third-order valence-electron chi connectivity index (χ3n) is 16.7. The maximum absolute atomic E-state index is 15.7. The van der Waals surface area contributed by atoms with Crippen LogP contribution in [0.4, 0.5) is 4.79 Å². The van der Waals surface area contributed by atoms with E-state index in [0.717, 1.165) is 17.7 Å². The third kappa shape index (κ3) is 27.3. The van der Waals surface area contributed by atoms with Crippen LogP contribution in [0.15, 0.2) is 72.8 Å². The molecule has 1 heterocycles. The number of fused-ring (bicyclic) bond motifs is 1. The number of hydrogen-bond donors (Lipinski definition) is 19. The smallest absolute Gasteiger partial charge is 0.408 e. The van der Waals surface area contributed by atoms with Crippen LogP contribution in [0.2, 0.25) is 0 Å². The number of aliphatic hydroxyl groups is 4. The number of amides is 12. The zero-order valence-corrected chi connectivity index (χ0v) is 60.8. The monoisotopic (exact) mass is 1460 g/mol. The van der Waals surface area contributed by atoms with Gasteiger partial charge in [0.25, 0.3) is 0 Å². The Morgan fingerprint density at radius 3 is 1.80 bits per heavy atom. The molecule has 1 fully saturated rings. The highest BCUT2D eigenvalue weighted by molar-refractivity contribution is 6.00. The van der Waals surface area contributed by atoms with Crippen LogP contribution < -0.4 is 75.3 Å². The van der Waals surface area contributed by atoms with Gasteiger partial charge in [-0.25, -0.2) is 9.59 Å². The number of carbonyl (C=O) groups excluding carboxylic acids is 13. The molecule has 0 radical (unpaired) electrons. The molecule has 2 unspecified atom stereocenters. The number of carbonyl (C=O) groups is 13. The van der Waals surface area contributed by atoms with Crippen molar-refractivity contribution in [1.29, 1.82) is 5.41 Å². The van der Waals surface area contributed by atoms with E-state index in [1.165, 1.54) is 44.2 Å². The van der Waals surface area contributed by atoms with E-state index in [1.807, 2.05) is 41.0 Å². The molecule has 1 aliphatic heterocycles. The molecule has 12 amide bonds. The van der Waals surface area contributed by atoms with E-state index in [-0.39, 0.29) is 50.6 Å². The van der Waals surface area contributed by atoms with Gasteiger partial charge in [0.05, 0.1) is 25.4 Å². The number of hydrogen-bond acceptors (Lipinski definition) is 20. The van der Waals surface area contributed by atoms with Crippen LogP contribution in [0.5, 0.6) is 0 Å². The van der Waals surface area contributed by atoms with Gasteiger partial charge in [-0.15, -0.1) is 0 Å². The van der Waals surface area contributed by atoms with Crippen molar-refractivity contribution in [3.63, 3.8) is 0 Å². The van der Waals surface area contributed by atoms with E-state index in [9.17, 15) is 68.4 Å². The number of alkyl carbamates (subject to hydrolysis) is 1. The average Bonchev–Trinajstić information content (AvgIpc) is 0.850. The quantitative estimate of drug-likeness (QED) is 0.0194. The number of guanidine groups is 1. The van der Waals surface area contributed by atoms with Crippen molar-refractivity contribution in [1.82, 2.24) is 63.8 Å². The topological polar surface area (TPSA) is 542 Å². The molecule has 3 aromatic rings. The highest BCUT2D eigenvalue weighted by Crippen LogP contribution is 2.26. The molecule has 34 heteroatoms. The second kappa shape index (κ2) is 40.7. The number of ether oxygens (including phenoxy) is 2. The van der Waals surface area contributed by atoms with Gasteiger partial charge in [0.15, 0.2) is 24.2 Å². The Morgan fingerprint density at radius 2 is 1.22 bits per heavy atom. The van der Waals surface area contributed by atoms with Crippen molar-refractivity contribution in [2.24, 2.45) is 35.1 Å². The summed E-state index contributed by atoms with van der Waals surface area (Å²) in [4.78, 5) is 187. The van der Waals surface area contributed by atoms with Crippen LogP contribution in [0, 0.1) is 29.1 Å². The molecule has 104 heavy (non-hydrogen) atoms. The molecule has 3 aromatic carbocycles. The van der Waals surface area contributed by atoms with Crippen LogP contribution in [-0.4, -0.2) is 207 Å². The highest BCUT2D eigenvalue weighted by atomic mass is 16.6. The van der Waals surface area contributed by atoms with E-state index in [2.05, 4.69) is 53.2 Å². The van der Waals surface area contributed by atoms with E-state index in [4.69, 9.17) is 26.4 Å². The highest BCUT2D eigenvalue weighted by Gasteiger charge is 2.44. The summed E-state index contributed by atoms with van der Waals surface area (Å²) in [6.07, 6.45) is -9.80. The second-order valence-electron chi connectivity index (χ2n) is 27.9. The van der Waals surface area contributed by atoms with Crippen LogP contribution in [0.1, 0.15) is 132 Å². The van der Waals surface area contributed by atoms with E-state index >= 15 is 14.4 Å². The van der Waals surface area contributed by atoms with Crippen LogP contribution in [-0.2, 0) is 73.4 Å². The molecule has 0 aromatic heterocycles. The molecule has 0 bridgehead atoms. The molecule has 4 rings (SSSR count). The number of nitrogens with two attached hydrogens (primary N) is 2. The largest absolute Gasteiger partial charge is 0.453 e. The summed E-state index contributed by atoms with van der Waals surface area (Å²) in [6, 6.07) is 0.991. The lowest BCUT2D eigenvalue weighted by Crippen LogP contribution is -2.64. The van der Waals surface area contributed by atoms with Crippen molar-refractivity contribution in [2.45, 2.75) is 212 Å². The summed E-state index contributed by atoms with van der Waals surface area (Å²) >= 11 is 0. The number of esters is 1. The molecule has 1 saturated heterocycles. The van der Waals surface area contributed by atoms with Gasteiger partial charge in [-0.2, -0.15) is 0 Å². The zero-order chi connectivity index (χ0) is 78.0. The van der Waals surface area contributed by atoms with E-state index in [0.29, 0.717) is 5.56 Å². The first kappa shape index (κ1) is 86.3.